The van der Waals surface area contributed by atoms with Gasteiger partial charge in [-0.05, 0) is 44.4 Å². The van der Waals surface area contributed by atoms with Crippen LogP contribution in [0.25, 0.3) is 0 Å². The molecule has 4 N–H and O–H groups in total. The zero-order valence-electron chi connectivity index (χ0n) is 14.8. The Hall–Kier alpha value is -1.30. The molecule has 1 fully saturated rings. The van der Waals surface area contributed by atoms with Crippen LogP contribution in [0.1, 0.15) is 52.4 Å². The molecule has 0 aromatic heterocycles. The van der Waals surface area contributed by atoms with Gasteiger partial charge < -0.3 is 21.1 Å². The number of carbonyl (C=O) groups excluding carboxylic acids is 1. The van der Waals surface area contributed by atoms with Gasteiger partial charge in [0.1, 0.15) is 0 Å². The molecule has 0 aromatic carbocycles. The first-order valence-electron chi connectivity index (χ1n) is 9.03. The van der Waals surface area contributed by atoms with E-state index in [2.05, 4.69) is 24.1 Å². The molecule has 0 spiro atoms. The molecule has 2 unspecified atom stereocenters. The molecule has 1 saturated heterocycles. The van der Waals surface area contributed by atoms with E-state index < -0.39 is 0 Å². The summed E-state index contributed by atoms with van der Waals surface area (Å²) < 4.78 is 0. The number of amides is 1. The van der Waals surface area contributed by atoms with Crippen LogP contribution in [0.15, 0.2) is 4.99 Å². The third kappa shape index (κ3) is 7.68. The van der Waals surface area contributed by atoms with Crippen LogP contribution >= 0.6 is 0 Å². The molecule has 0 aliphatic carbocycles. The summed E-state index contributed by atoms with van der Waals surface area (Å²) in [5, 5.41) is 12.5. The monoisotopic (exact) mass is 326 g/mol. The maximum atomic E-state index is 11.2. The van der Waals surface area contributed by atoms with Crippen molar-refractivity contribution in [2.75, 3.05) is 32.8 Å². The maximum absolute atomic E-state index is 11.2. The summed E-state index contributed by atoms with van der Waals surface area (Å²) in [4.78, 5) is 18.2. The summed E-state index contributed by atoms with van der Waals surface area (Å²) in [6.45, 7) is 7.84. The van der Waals surface area contributed by atoms with Crippen molar-refractivity contribution in [2.24, 2.45) is 22.6 Å². The minimum absolute atomic E-state index is 0.218. The molecule has 0 aromatic rings. The Morgan fingerprint density at radius 2 is 2.22 bits per heavy atom. The summed E-state index contributed by atoms with van der Waals surface area (Å²) in [5.74, 6) is 1.48. The number of rotatable bonds is 9. The summed E-state index contributed by atoms with van der Waals surface area (Å²) in [7, 11) is 0. The van der Waals surface area contributed by atoms with Crippen LogP contribution in [-0.2, 0) is 4.79 Å². The minimum atomic E-state index is -0.218. The Labute approximate surface area is 140 Å². The SMILES string of the molecule is CCCC(CCO)CN=C(NCC)N1CCCC(CC(N)=O)C1. The van der Waals surface area contributed by atoms with Crippen molar-refractivity contribution in [3.8, 4) is 0 Å². The van der Waals surface area contributed by atoms with Crippen LogP contribution in [-0.4, -0.2) is 54.7 Å². The number of primary amides is 1. The normalized spacial score (nSPS) is 20.4. The van der Waals surface area contributed by atoms with E-state index >= 15 is 0 Å². The van der Waals surface area contributed by atoms with E-state index in [1.807, 2.05) is 0 Å². The molecule has 1 amide bonds. The number of nitrogens with two attached hydrogens (primary N) is 1. The summed E-state index contributed by atoms with van der Waals surface area (Å²) in [5.41, 5.74) is 5.34. The fourth-order valence-electron chi connectivity index (χ4n) is 3.27. The third-order valence-corrected chi connectivity index (χ3v) is 4.38. The highest BCUT2D eigenvalue weighted by molar-refractivity contribution is 5.80. The van der Waals surface area contributed by atoms with Gasteiger partial charge in [0.25, 0.3) is 0 Å². The Bertz CT molecular complexity index is 368. The van der Waals surface area contributed by atoms with Gasteiger partial charge in [-0.15, -0.1) is 0 Å². The molecule has 2 atom stereocenters. The molecule has 6 nitrogen and oxygen atoms in total. The molecule has 6 heteroatoms. The quantitative estimate of drug-likeness (QED) is 0.440. The Kier molecular flexibility index (Phi) is 9.67. The Morgan fingerprint density at radius 3 is 2.83 bits per heavy atom. The van der Waals surface area contributed by atoms with Crippen molar-refractivity contribution in [2.45, 2.75) is 52.4 Å². The van der Waals surface area contributed by atoms with Gasteiger partial charge in [-0.1, -0.05) is 13.3 Å². The minimum Gasteiger partial charge on any atom is -0.396 e. The lowest BCUT2D eigenvalue weighted by Gasteiger charge is -2.35. The first kappa shape index (κ1) is 19.7. The Balaban J connectivity index is 2.67. The smallest absolute Gasteiger partial charge is 0.217 e. The van der Waals surface area contributed by atoms with Gasteiger partial charge in [-0.3, -0.25) is 9.79 Å². The van der Waals surface area contributed by atoms with Crippen LogP contribution in [0.2, 0.25) is 0 Å². The highest BCUT2D eigenvalue weighted by Gasteiger charge is 2.23. The molecule has 0 bridgehead atoms. The molecule has 0 saturated carbocycles. The second-order valence-corrected chi connectivity index (χ2v) is 6.49. The van der Waals surface area contributed by atoms with E-state index in [1.54, 1.807) is 0 Å². The predicted molar refractivity (Wildman–Crippen MR) is 94.2 cm³/mol. The molecular weight excluding hydrogens is 292 g/mol. The highest BCUT2D eigenvalue weighted by Crippen LogP contribution is 2.20. The fraction of sp³-hybridized carbons (Fsp3) is 0.882. The number of piperidine rings is 1. The molecule has 1 aliphatic heterocycles. The van der Waals surface area contributed by atoms with E-state index in [9.17, 15) is 9.90 Å². The number of aliphatic hydroxyl groups is 1. The number of hydrogen-bond donors (Lipinski definition) is 3. The van der Waals surface area contributed by atoms with Crippen LogP contribution < -0.4 is 11.1 Å². The average molecular weight is 326 g/mol. The maximum Gasteiger partial charge on any atom is 0.217 e. The van der Waals surface area contributed by atoms with Gasteiger partial charge in [-0.2, -0.15) is 0 Å². The number of carbonyl (C=O) groups is 1. The van der Waals surface area contributed by atoms with Gasteiger partial charge in [-0.25, -0.2) is 0 Å². The van der Waals surface area contributed by atoms with Crippen LogP contribution in [0.4, 0.5) is 0 Å². The summed E-state index contributed by atoms with van der Waals surface area (Å²) in [6.07, 6.45) is 5.59. The number of likely N-dealkylation sites (tertiary alicyclic amines) is 1. The van der Waals surface area contributed by atoms with Gasteiger partial charge in [0.2, 0.25) is 5.91 Å². The van der Waals surface area contributed by atoms with Crippen molar-refractivity contribution < 1.29 is 9.90 Å². The summed E-state index contributed by atoms with van der Waals surface area (Å²) in [6, 6.07) is 0. The van der Waals surface area contributed by atoms with Crippen LogP contribution in [0, 0.1) is 11.8 Å². The van der Waals surface area contributed by atoms with Crippen molar-refractivity contribution in [1.29, 1.82) is 0 Å². The van der Waals surface area contributed by atoms with Crippen molar-refractivity contribution >= 4 is 11.9 Å². The lowest BCUT2D eigenvalue weighted by Crippen LogP contribution is -2.47. The van der Waals surface area contributed by atoms with Gasteiger partial charge in [0.05, 0.1) is 0 Å². The molecule has 134 valence electrons. The van der Waals surface area contributed by atoms with E-state index in [1.165, 1.54) is 0 Å². The number of aliphatic hydroxyl groups excluding tert-OH is 1. The van der Waals surface area contributed by atoms with Crippen molar-refractivity contribution in [3.63, 3.8) is 0 Å². The van der Waals surface area contributed by atoms with E-state index in [4.69, 9.17) is 10.7 Å². The van der Waals surface area contributed by atoms with Gasteiger partial charge in [0, 0.05) is 39.2 Å². The predicted octanol–water partition coefficient (Wildman–Crippen LogP) is 1.34. The van der Waals surface area contributed by atoms with Crippen LogP contribution in [0.5, 0.6) is 0 Å². The largest absolute Gasteiger partial charge is 0.396 e. The van der Waals surface area contributed by atoms with Gasteiger partial charge >= 0.3 is 0 Å². The van der Waals surface area contributed by atoms with Crippen molar-refractivity contribution in [3.05, 3.63) is 0 Å². The van der Waals surface area contributed by atoms with E-state index in [0.717, 1.165) is 64.2 Å². The molecular formula is C17H34N4O2. The first-order chi connectivity index (χ1) is 11.1. The second-order valence-electron chi connectivity index (χ2n) is 6.49. The van der Waals surface area contributed by atoms with Gasteiger partial charge in [0.15, 0.2) is 5.96 Å². The van der Waals surface area contributed by atoms with Crippen molar-refractivity contribution in [1.82, 2.24) is 10.2 Å². The van der Waals surface area contributed by atoms with Crippen LogP contribution in [0.3, 0.4) is 0 Å². The number of nitrogens with zero attached hydrogens (tertiary/aromatic N) is 2. The van der Waals surface area contributed by atoms with E-state index in [-0.39, 0.29) is 12.5 Å². The topological polar surface area (TPSA) is 91.0 Å². The lowest BCUT2D eigenvalue weighted by molar-refractivity contribution is -0.119. The number of aliphatic imine (C=N–C) groups is 1. The molecule has 1 rings (SSSR count). The number of guanidine groups is 1. The molecule has 23 heavy (non-hydrogen) atoms. The molecule has 1 heterocycles. The lowest BCUT2D eigenvalue weighted by atomic mass is 9.95. The molecule has 0 radical (unpaired) electrons. The first-order valence-corrected chi connectivity index (χ1v) is 9.03. The Morgan fingerprint density at radius 1 is 1.43 bits per heavy atom. The zero-order valence-corrected chi connectivity index (χ0v) is 14.8. The number of nitrogens with one attached hydrogen (secondary N) is 1. The average Bonchev–Trinajstić information content (AvgIpc) is 2.51. The standard InChI is InChI=1S/C17H34N4O2/c1-3-6-14(8-10-22)12-20-17(19-4-2)21-9-5-7-15(13-21)11-16(18)23/h14-15,22H,3-13H2,1-2H3,(H2,18,23)(H,19,20). The number of hydrogen-bond acceptors (Lipinski definition) is 3. The van der Waals surface area contributed by atoms with E-state index in [0.29, 0.717) is 18.3 Å². The molecule has 1 aliphatic rings. The fourth-order valence-corrected chi connectivity index (χ4v) is 3.27. The second kappa shape index (κ2) is 11.3. The zero-order chi connectivity index (χ0) is 17.1. The third-order valence-electron chi connectivity index (χ3n) is 4.38. The summed E-state index contributed by atoms with van der Waals surface area (Å²) >= 11 is 0. The highest BCUT2D eigenvalue weighted by atomic mass is 16.3.